The van der Waals surface area contributed by atoms with Gasteiger partial charge in [0.1, 0.15) is 0 Å². The molecule has 0 heterocycles. The predicted octanol–water partition coefficient (Wildman–Crippen LogP) is 1.33. The zero-order valence-corrected chi connectivity index (χ0v) is 12.2. The Hall–Kier alpha value is -1.10. The van der Waals surface area contributed by atoms with Gasteiger partial charge >= 0.3 is 5.97 Å². The first-order chi connectivity index (χ1) is 8.95. The van der Waals surface area contributed by atoms with E-state index in [9.17, 15) is 9.59 Å². The van der Waals surface area contributed by atoms with Crippen molar-refractivity contribution in [2.45, 2.75) is 45.6 Å². The third kappa shape index (κ3) is 4.82. The number of nitrogens with zero attached hydrogens (tertiary/aromatic N) is 1. The molecule has 1 fully saturated rings. The van der Waals surface area contributed by atoms with E-state index in [1.54, 1.807) is 0 Å². The summed E-state index contributed by atoms with van der Waals surface area (Å²) in [6.45, 7) is 5.77. The first-order valence-electron chi connectivity index (χ1n) is 7.16. The molecule has 1 aliphatic carbocycles. The number of carbonyl (C=O) groups excluding carboxylic acids is 1. The predicted molar refractivity (Wildman–Crippen MR) is 73.9 cm³/mol. The summed E-state index contributed by atoms with van der Waals surface area (Å²) in [7, 11) is 2.05. The van der Waals surface area contributed by atoms with Crippen molar-refractivity contribution >= 4 is 11.9 Å². The maximum Gasteiger partial charge on any atom is 0.306 e. The lowest BCUT2D eigenvalue weighted by Gasteiger charge is -2.23. The second-order valence-electron chi connectivity index (χ2n) is 5.57. The second-order valence-corrected chi connectivity index (χ2v) is 5.57. The number of hydrogen-bond donors (Lipinski definition) is 2. The molecule has 3 atom stereocenters. The largest absolute Gasteiger partial charge is 0.481 e. The van der Waals surface area contributed by atoms with E-state index in [1.807, 2.05) is 0 Å². The molecule has 0 aromatic heterocycles. The minimum atomic E-state index is -0.771. The van der Waals surface area contributed by atoms with Gasteiger partial charge in [0, 0.05) is 25.0 Å². The lowest BCUT2D eigenvalue weighted by molar-refractivity contribution is -0.141. The molecule has 1 unspecified atom stereocenters. The van der Waals surface area contributed by atoms with Crippen LogP contribution in [0.15, 0.2) is 0 Å². The Kier molecular flexibility index (Phi) is 6.28. The smallest absolute Gasteiger partial charge is 0.306 e. The first kappa shape index (κ1) is 16.0. The summed E-state index contributed by atoms with van der Waals surface area (Å²) in [5.74, 6) is -1.21. The molecule has 0 bridgehead atoms. The monoisotopic (exact) mass is 270 g/mol. The van der Waals surface area contributed by atoms with Crippen LogP contribution < -0.4 is 5.32 Å². The average molecular weight is 270 g/mol. The third-order valence-corrected chi connectivity index (χ3v) is 4.26. The second kappa shape index (κ2) is 7.48. The summed E-state index contributed by atoms with van der Waals surface area (Å²) in [5, 5.41) is 11.8. The molecule has 1 aliphatic rings. The molecule has 1 saturated carbocycles. The topological polar surface area (TPSA) is 69.6 Å². The molecule has 0 spiro atoms. The summed E-state index contributed by atoms with van der Waals surface area (Å²) in [6, 6.07) is 0.514. The van der Waals surface area contributed by atoms with Crippen LogP contribution in [-0.4, -0.2) is 48.1 Å². The fourth-order valence-corrected chi connectivity index (χ4v) is 2.48. The van der Waals surface area contributed by atoms with Gasteiger partial charge in [0.2, 0.25) is 5.91 Å². The van der Waals surface area contributed by atoms with E-state index in [0.29, 0.717) is 31.8 Å². The Balaban J connectivity index is 2.24. The van der Waals surface area contributed by atoms with Crippen molar-refractivity contribution in [1.82, 2.24) is 10.2 Å². The van der Waals surface area contributed by atoms with Gasteiger partial charge in [-0.05, 0) is 39.7 Å². The molecular weight excluding hydrogens is 244 g/mol. The molecule has 0 aliphatic heterocycles. The van der Waals surface area contributed by atoms with E-state index < -0.39 is 5.97 Å². The number of likely N-dealkylation sites (N-methyl/N-ethyl adjacent to an activating group) is 1. The van der Waals surface area contributed by atoms with E-state index in [4.69, 9.17) is 5.11 Å². The Bertz CT molecular complexity index is 320. The van der Waals surface area contributed by atoms with Crippen molar-refractivity contribution in [3.8, 4) is 0 Å². The van der Waals surface area contributed by atoms with Crippen LogP contribution in [0, 0.1) is 11.8 Å². The summed E-state index contributed by atoms with van der Waals surface area (Å²) in [5.41, 5.74) is 0. The van der Waals surface area contributed by atoms with Crippen molar-refractivity contribution in [3.63, 3.8) is 0 Å². The van der Waals surface area contributed by atoms with Gasteiger partial charge in [0.15, 0.2) is 0 Å². The van der Waals surface area contributed by atoms with Crippen LogP contribution in [0.1, 0.15) is 39.5 Å². The van der Waals surface area contributed by atoms with Crippen LogP contribution in [0.25, 0.3) is 0 Å². The molecule has 0 aromatic carbocycles. The highest BCUT2D eigenvalue weighted by Gasteiger charge is 2.33. The van der Waals surface area contributed by atoms with Gasteiger partial charge in [-0.3, -0.25) is 9.59 Å². The third-order valence-electron chi connectivity index (χ3n) is 4.26. The highest BCUT2D eigenvalue weighted by atomic mass is 16.4. The molecule has 5 nitrogen and oxygen atoms in total. The normalized spacial score (nSPS) is 24.4. The van der Waals surface area contributed by atoms with Crippen LogP contribution >= 0.6 is 0 Å². The van der Waals surface area contributed by atoms with Gasteiger partial charge in [-0.15, -0.1) is 0 Å². The maximum atomic E-state index is 11.9. The van der Waals surface area contributed by atoms with Crippen LogP contribution in [0.3, 0.4) is 0 Å². The molecule has 0 aromatic rings. The fraction of sp³-hybridized carbons (Fsp3) is 0.857. The summed E-state index contributed by atoms with van der Waals surface area (Å²) < 4.78 is 0. The number of carboxylic acids is 1. The molecule has 1 amide bonds. The van der Waals surface area contributed by atoms with E-state index in [2.05, 4.69) is 31.1 Å². The van der Waals surface area contributed by atoms with Gasteiger partial charge in [-0.1, -0.05) is 6.92 Å². The van der Waals surface area contributed by atoms with Crippen molar-refractivity contribution in [2.24, 2.45) is 11.8 Å². The van der Waals surface area contributed by atoms with Gasteiger partial charge in [-0.25, -0.2) is 0 Å². The average Bonchev–Trinajstić information content (AvgIpc) is 2.87. The number of amides is 1. The van der Waals surface area contributed by atoms with E-state index in [1.165, 1.54) is 0 Å². The van der Waals surface area contributed by atoms with Crippen molar-refractivity contribution < 1.29 is 14.7 Å². The van der Waals surface area contributed by atoms with E-state index in [-0.39, 0.29) is 17.7 Å². The van der Waals surface area contributed by atoms with Gasteiger partial charge in [0.25, 0.3) is 0 Å². The molecule has 5 heteroatoms. The van der Waals surface area contributed by atoms with Crippen LogP contribution in [-0.2, 0) is 9.59 Å². The SMILES string of the molecule is CCC(C)N(C)CCNC(=O)[C@@H]1CC[C@H](C(=O)O)C1. The molecule has 0 radical (unpaired) electrons. The number of hydrogen-bond acceptors (Lipinski definition) is 3. The summed E-state index contributed by atoms with van der Waals surface area (Å²) in [4.78, 5) is 25.0. The van der Waals surface area contributed by atoms with Crippen LogP contribution in [0.2, 0.25) is 0 Å². The standard InChI is InChI=1S/C14H26N2O3/c1-4-10(2)16(3)8-7-15-13(17)11-5-6-12(9-11)14(18)19/h10-12H,4-9H2,1-3H3,(H,15,17)(H,18,19)/t10?,11-,12+/m1/s1. The lowest BCUT2D eigenvalue weighted by Crippen LogP contribution is -2.38. The van der Waals surface area contributed by atoms with Crippen molar-refractivity contribution in [3.05, 3.63) is 0 Å². The number of carbonyl (C=O) groups is 2. The fourth-order valence-electron chi connectivity index (χ4n) is 2.48. The van der Waals surface area contributed by atoms with Crippen molar-refractivity contribution in [2.75, 3.05) is 20.1 Å². The zero-order valence-electron chi connectivity index (χ0n) is 12.2. The highest BCUT2D eigenvalue weighted by Crippen LogP contribution is 2.30. The van der Waals surface area contributed by atoms with E-state index in [0.717, 1.165) is 13.0 Å². The lowest BCUT2D eigenvalue weighted by atomic mass is 10.0. The first-order valence-corrected chi connectivity index (χ1v) is 7.16. The molecular formula is C14H26N2O3. The summed E-state index contributed by atoms with van der Waals surface area (Å²) in [6.07, 6.45) is 2.90. The Morgan fingerprint density at radius 2 is 2.00 bits per heavy atom. The quantitative estimate of drug-likeness (QED) is 0.732. The summed E-state index contributed by atoms with van der Waals surface area (Å²) >= 11 is 0. The number of nitrogens with one attached hydrogen (secondary N) is 1. The Morgan fingerprint density at radius 3 is 2.53 bits per heavy atom. The Labute approximate surface area is 115 Å². The number of carboxylic acid groups (broad SMARTS) is 1. The Morgan fingerprint density at radius 1 is 1.37 bits per heavy atom. The minimum Gasteiger partial charge on any atom is -0.481 e. The van der Waals surface area contributed by atoms with Crippen LogP contribution in [0.4, 0.5) is 0 Å². The number of rotatable bonds is 7. The molecule has 19 heavy (non-hydrogen) atoms. The highest BCUT2D eigenvalue weighted by molar-refractivity contribution is 5.80. The maximum absolute atomic E-state index is 11.9. The van der Waals surface area contributed by atoms with Crippen LogP contribution in [0.5, 0.6) is 0 Å². The van der Waals surface area contributed by atoms with Gasteiger partial charge in [0.05, 0.1) is 5.92 Å². The van der Waals surface area contributed by atoms with E-state index >= 15 is 0 Å². The van der Waals surface area contributed by atoms with Gasteiger partial charge in [-0.2, -0.15) is 0 Å². The minimum absolute atomic E-state index is 0.0151. The van der Waals surface area contributed by atoms with Crippen molar-refractivity contribution in [1.29, 1.82) is 0 Å². The molecule has 0 saturated heterocycles. The zero-order chi connectivity index (χ0) is 14.4. The number of aliphatic carboxylic acids is 1. The molecule has 1 rings (SSSR count). The molecule has 110 valence electrons. The van der Waals surface area contributed by atoms with Gasteiger partial charge < -0.3 is 15.3 Å². The molecule has 2 N–H and O–H groups in total.